The Labute approximate surface area is 221 Å². The molecular weight excluding hydrogens is 482 g/mol. The number of pyridine rings is 1. The Bertz CT molecular complexity index is 1180. The number of methoxy groups -OCH3 is 2. The summed E-state index contributed by atoms with van der Waals surface area (Å²) in [5.41, 5.74) is 1.80. The molecule has 1 heterocycles. The Morgan fingerprint density at radius 2 is 1.57 bits per heavy atom. The van der Waals surface area contributed by atoms with Crippen LogP contribution in [0.1, 0.15) is 55.0 Å². The number of aliphatic hydroxyl groups excluding tert-OH is 1. The quantitative estimate of drug-likeness (QED) is 0.237. The number of aromatic nitrogens is 1. The fraction of sp³-hybridized carbons (Fsp3) is 0.333. The Balaban J connectivity index is 1.89. The van der Waals surface area contributed by atoms with Gasteiger partial charge in [0, 0.05) is 6.42 Å². The van der Waals surface area contributed by atoms with E-state index in [4.69, 9.17) is 13.9 Å². The molecule has 196 valence electrons. The molecule has 0 aliphatic carbocycles. The summed E-state index contributed by atoms with van der Waals surface area (Å²) in [5.74, 6) is -0.292. The molecule has 0 amide bonds. The van der Waals surface area contributed by atoms with E-state index in [0.717, 1.165) is 5.57 Å². The molecule has 0 aliphatic heterocycles. The van der Waals surface area contributed by atoms with Crippen molar-refractivity contribution in [1.29, 1.82) is 0 Å². The van der Waals surface area contributed by atoms with Gasteiger partial charge in [-0.1, -0.05) is 93.6 Å². The molecule has 0 bridgehead atoms. The number of rotatable bonds is 10. The van der Waals surface area contributed by atoms with Gasteiger partial charge >= 0.3 is 5.97 Å². The van der Waals surface area contributed by atoms with Crippen molar-refractivity contribution in [2.75, 3.05) is 20.8 Å². The lowest BCUT2D eigenvalue weighted by Crippen LogP contribution is -2.66. The van der Waals surface area contributed by atoms with Crippen molar-refractivity contribution in [3.63, 3.8) is 0 Å². The number of ether oxygens (including phenoxy) is 2. The van der Waals surface area contributed by atoms with Crippen LogP contribution in [0.5, 0.6) is 5.75 Å². The van der Waals surface area contributed by atoms with Crippen molar-refractivity contribution >= 4 is 24.7 Å². The molecule has 1 N–H and O–H groups in total. The Morgan fingerprint density at radius 1 is 1.03 bits per heavy atom. The number of esters is 1. The highest BCUT2D eigenvalue weighted by Crippen LogP contribution is 2.37. The van der Waals surface area contributed by atoms with Gasteiger partial charge in [-0.3, -0.25) is 0 Å². The van der Waals surface area contributed by atoms with E-state index in [0.29, 0.717) is 17.0 Å². The predicted octanol–water partition coefficient (Wildman–Crippen LogP) is 4.74. The molecule has 1 atom stereocenters. The van der Waals surface area contributed by atoms with E-state index in [1.54, 1.807) is 13.0 Å². The zero-order valence-electron chi connectivity index (χ0n) is 22.6. The Morgan fingerprint density at radius 3 is 2.03 bits per heavy atom. The van der Waals surface area contributed by atoms with Crippen LogP contribution in [0, 0.1) is 6.92 Å². The molecule has 37 heavy (non-hydrogen) atoms. The third kappa shape index (κ3) is 6.01. The number of nitrogens with zero attached hydrogens (tertiary/aromatic N) is 1. The van der Waals surface area contributed by atoms with E-state index in [9.17, 15) is 9.90 Å². The normalized spacial score (nSPS) is 12.6. The van der Waals surface area contributed by atoms with E-state index in [2.05, 4.69) is 56.6 Å². The average molecular weight is 520 g/mol. The van der Waals surface area contributed by atoms with Gasteiger partial charge in [-0.25, -0.2) is 9.78 Å². The molecule has 2 aromatic carbocycles. The highest BCUT2D eigenvalue weighted by Gasteiger charge is 2.50. The van der Waals surface area contributed by atoms with E-state index in [1.807, 2.05) is 36.4 Å². The summed E-state index contributed by atoms with van der Waals surface area (Å²) in [6.07, 6.45) is -0.735. The number of hydrogen-bond donors (Lipinski definition) is 1. The van der Waals surface area contributed by atoms with Gasteiger partial charge in [-0.15, -0.1) is 0 Å². The van der Waals surface area contributed by atoms with Crippen molar-refractivity contribution in [3.05, 3.63) is 95.8 Å². The second-order valence-electron chi connectivity index (χ2n) is 10.2. The highest BCUT2D eigenvalue weighted by atomic mass is 28.4. The van der Waals surface area contributed by atoms with Crippen LogP contribution in [-0.4, -0.2) is 45.2 Å². The van der Waals surface area contributed by atoms with E-state index < -0.39 is 20.4 Å². The SMILES string of the molecule is C=C(CO[Si](c1ccccc1)(c1ccccc1)C(C)(C)C)CC(O)c1cc(C)c(OC)c(C(=O)OC)n1. The van der Waals surface area contributed by atoms with Crippen molar-refractivity contribution in [1.82, 2.24) is 4.98 Å². The fourth-order valence-electron chi connectivity index (χ4n) is 4.76. The summed E-state index contributed by atoms with van der Waals surface area (Å²) in [5, 5.41) is 13.2. The molecule has 3 rings (SSSR count). The molecule has 1 aromatic heterocycles. The lowest BCUT2D eigenvalue weighted by atomic mass is 10.0. The second-order valence-corrected chi connectivity index (χ2v) is 14.5. The smallest absolute Gasteiger partial charge is 0.360 e. The predicted molar refractivity (Wildman–Crippen MR) is 149 cm³/mol. The van der Waals surface area contributed by atoms with Crippen LogP contribution < -0.4 is 15.1 Å². The third-order valence-electron chi connectivity index (χ3n) is 6.49. The van der Waals surface area contributed by atoms with Crippen LogP contribution in [0.15, 0.2) is 78.9 Å². The average Bonchev–Trinajstić information content (AvgIpc) is 2.88. The molecule has 6 nitrogen and oxygen atoms in total. The maximum Gasteiger partial charge on any atom is 0.360 e. The van der Waals surface area contributed by atoms with Gasteiger partial charge in [0.15, 0.2) is 11.4 Å². The van der Waals surface area contributed by atoms with Crippen LogP contribution >= 0.6 is 0 Å². The number of aryl methyl sites for hydroxylation is 1. The number of carbonyl (C=O) groups excluding carboxylic acids is 1. The zero-order chi connectivity index (χ0) is 27.2. The summed E-state index contributed by atoms with van der Waals surface area (Å²) in [4.78, 5) is 16.6. The number of hydrogen-bond acceptors (Lipinski definition) is 6. The van der Waals surface area contributed by atoms with Crippen LogP contribution in [0.25, 0.3) is 0 Å². The number of carbonyl (C=O) groups is 1. The molecular formula is C30H37NO5Si. The molecule has 0 spiro atoms. The van der Waals surface area contributed by atoms with E-state index in [-0.39, 0.29) is 23.8 Å². The topological polar surface area (TPSA) is 77.9 Å². The summed E-state index contributed by atoms with van der Waals surface area (Å²) in [6.45, 7) is 12.9. The molecule has 0 radical (unpaired) electrons. The number of benzene rings is 2. The maximum absolute atomic E-state index is 12.2. The molecule has 0 aliphatic rings. The minimum atomic E-state index is -2.73. The van der Waals surface area contributed by atoms with Crippen LogP contribution in [0.4, 0.5) is 0 Å². The van der Waals surface area contributed by atoms with Crippen molar-refractivity contribution in [3.8, 4) is 5.75 Å². The molecule has 1 unspecified atom stereocenters. The first-order valence-electron chi connectivity index (χ1n) is 12.3. The van der Waals surface area contributed by atoms with Crippen molar-refractivity contribution in [2.45, 2.75) is 45.3 Å². The molecule has 0 fully saturated rings. The van der Waals surface area contributed by atoms with Gasteiger partial charge < -0.3 is 19.0 Å². The lowest BCUT2D eigenvalue weighted by Gasteiger charge is -2.43. The Kier molecular flexibility index (Phi) is 9.07. The first-order valence-corrected chi connectivity index (χ1v) is 14.2. The first-order chi connectivity index (χ1) is 17.5. The standard InChI is InChI=1S/C30H37NO5Si/c1-21(18-26(32)25-19-22(2)28(34-6)27(31-25)29(33)35-7)20-36-37(30(3,4)5,23-14-10-8-11-15-23)24-16-12-9-13-17-24/h8-17,19,26,32H,1,18,20H2,2-7H3. The minimum absolute atomic E-state index is 0.0354. The highest BCUT2D eigenvalue weighted by molar-refractivity contribution is 6.99. The largest absolute Gasteiger partial charge is 0.494 e. The molecule has 3 aromatic rings. The lowest BCUT2D eigenvalue weighted by molar-refractivity contribution is 0.0588. The van der Waals surface area contributed by atoms with Gasteiger partial charge in [0.05, 0.1) is 32.6 Å². The fourth-order valence-corrected chi connectivity index (χ4v) is 9.33. The summed E-state index contributed by atoms with van der Waals surface area (Å²) in [6, 6.07) is 22.5. The first kappa shape index (κ1) is 28.3. The minimum Gasteiger partial charge on any atom is -0.494 e. The number of aliphatic hydroxyl groups is 1. The van der Waals surface area contributed by atoms with Gasteiger partial charge in [0.2, 0.25) is 0 Å². The van der Waals surface area contributed by atoms with Gasteiger partial charge in [-0.2, -0.15) is 0 Å². The summed E-state index contributed by atoms with van der Waals surface area (Å²) < 4.78 is 17.1. The third-order valence-corrected chi connectivity index (χ3v) is 11.5. The molecule has 7 heteroatoms. The van der Waals surface area contributed by atoms with E-state index in [1.165, 1.54) is 24.6 Å². The summed E-state index contributed by atoms with van der Waals surface area (Å²) >= 11 is 0. The molecule has 0 saturated heterocycles. The monoisotopic (exact) mass is 519 g/mol. The van der Waals surface area contributed by atoms with Gasteiger partial charge in [-0.05, 0) is 34.0 Å². The zero-order valence-corrected chi connectivity index (χ0v) is 23.6. The molecule has 0 saturated carbocycles. The van der Waals surface area contributed by atoms with Crippen LogP contribution in [0.2, 0.25) is 5.04 Å². The van der Waals surface area contributed by atoms with Crippen LogP contribution in [0.3, 0.4) is 0 Å². The van der Waals surface area contributed by atoms with E-state index >= 15 is 0 Å². The maximum atomic E-state index is 12.2. The van der Waals surface area contributed by atoms with Crippen LogP contribution in [-0.2, 0) is 9.16 Å². The van der Waals surface area contributed by atoms with Crippen molar-refractivity contribution in [2.24, 2.45) is 0 Å². The van der Waals surface area contributed by atoms with Gasteiger partial charge in [0.1, 0.15) is 0 Å². The summed E-state index contributed by atoms with van der Waals surface area (Å²) in [7, 11) is 0.0241. The Hall–Kier alpha value is -3.26. The second kappa shape index (κ2) is 11.9. The van der Waals surface area contributed by atoms with Gasteiger partial charge in [0.25, 0.3) is 8.32 Å². The van der Waals surface area contributed by atoms with Crippen molar-refractivity contribution < 1.29 is 23.8 Å².